The predicted octanol–water partition coefficient (Wildman–Crippen LogP) is -0.135. The van der Waals surface area contributed by atoms with Crippen LogP contribution in [0.25, 0.3) is 0 Å². The minimum atomic E-state index is -1.29. The summed E-state index contributed by atoms with van der Waals surface area (Å²) in [5, 5.41) is 15.5. The summed E-state index contributed by atoms with van der Waals surface area (Å²) in [6.45, 7) is 1.32. The van der Waals surface area contributed by atoms with E-state index < -0.39 is 42.5 Å². The van der Waals surface area contributed by atoms with Crippen LogP contribution in [0.1, 0.15) is 35.7 Å². The van der Waals surface area contributed by atoms with Gasteiger partial charge in [0.15, 0.2) is 0 Å². The largest absolute Gasteiger partial charge is 0.508 e. The number of likely N-dealkylation sites (tertiary alicyclic amines) is 1. The number of thioether (sulfide) groups is 1. The molecule has 190 valence electrons. The van der Waals surface area contributed by atoms with E-state index in [2.05, 4.69) is 10.6 Å². The van der Waals surface area contributed by atoms with Gasteiger partial charge in [-0.2, -0.15) is 11.8 Å². The lowest BCUT2D eigenvalue weighted by atomic mass is 10.1. The van der Waals surface area contributed by atoms with Gasteiger partial charge in [-0.05, 0) is 25.0 Å². The van der Waals surface area contributed by atoms with Crippen LogP contribution < -0.4 is 10.6 Å². The molecule has 4 amide bonds. The van der Waals surface area contributed by atoms with Gasteiger partial charge in [0.1, 0.15) is 30.5 Å². The molecule has 2 heterocycles. The lowest BCUT2D eigenvalue weighted by Crippen LogP contribution is -2.58. The summed E-state index contributed by atoms with van der Waals surface area (Å²) in [5.74, 6) is -2.27. The van der Waals surface area contributed by atoms with Gasteiger partial charge < -0.3 is 30.3 Å². The summed E-state index contributed by atoms with van der Waals surface area (Å²) in [6.07, 6.45) is 1.10. The van der Waals surface area contributed by atoms with Crippen molar-refractivity contribution >= 4 is 41.4 Å². The van der Waals surface area contributed by atoms with E-state index in [1.54, 1.807) is 14.1 Å². The smallest absolute Gasteiger partial charge is 0.338 e. The van der Waals surface area contributed by atoms with Crippen molar-refractivity contribution < 1.29 is 33.8 Å². The molecule has 3 rings (SSSR count). The molecule has 35 heavy (non-hydrogen) atoms. The molecule has 3 N–H and O–H groups in total. The van der Waals surface area contributed by atoms with Gasteiger partial charge >= 0.3 is 5.97 Å². The highest BCUT2D eigenvalue weighted by atomic mass is 32.2. The maximum absolute atomic E-state index is 13.1. The van der Waals surface area contributed by atoms with E-state index in [-0.39, 0.29) is 34.6 Å². The Labute approximate surface area is 207 Å². The Balaban J connectivity index is 1.88. The zero-order valence-corrected chi connectivity index (χ0v) is 20.7. The van der Waals surface area contributed by atoms with Crippen LogP contribution in [0.15, 0.2) is 18.2 Å². The molecule has 11 nitrogen and oxygen atoms in total. The normalized spacial score (nSPS) is 23.2. The number of aromatic hydroxyl groups is 1. The Morgan fingerprint density at radius 2 is 2.00 bits per heavy atom. The monoisotopic (exact) mass is 506 g/mol. The van der Waals surface area contributed by atoms with Crippen molar-refractivity contribution in [1.29, 1.82) is 0 Å². The maximum atomic E-state index is 13.1. The SMILES string of the molecule is CC(=O)N1CCC[C@H]1C(=O)N[C@@H]1COC(=O)c2cccc(O)c2CSC[C@H](C(=O)N(C)C)NC1=O. The van der Waals surface area contributed by atoms with Gasteiger partial charge in [-0.15, -0.1) is 0 Å². The first-order valence-electron chi connectivity index (χ1n) is 11.2. The molecule has 1 fully saturated rings. The van der Waals surface area contributed by atoms with Gasteiger partial charge in [0.25, 0.3) is 0 Å². The number of nitrogens with zero attached hydrogens (tertiary/aromatic N) is 2. The number of phenols is 1. The number of carbonyl (C=O) groups excluding carboxylic acids is 5. The van der Waals surface area contributed by atoms with E-state index in [1.165, 1.54) is 46.7 Å². The summed E-state index contributed by atoms with van der Waals surface area (Å²) in [4.78, 5) is 66.2. The summed E-state index contributed by atoms with van der Waals surface area (Å²) >= 11 is 1.26. The van der Waals surface area contributed by atoms with Crippen molar-refractivity contribution in [2.45, 2.75) is 43.6 Å². The first-order chi connectivity index (χ1) is 16.6. The predicted molar refractivity (Wildman–Crippen MR) is 128 cm³/mol. The molecule has 2 aliphatic heterocycles. The quantitative estimate of drug-likeness (QED) is 0.481. The zero-order valence-electron chi connectivity index (χ0n) is 19.9. The van der Waals surface area contributed by atoms with Crippen LogP contribution in [0.3, 0.4) is 0 Å². The average Bonchev–Trinajstić information content (AvgIpc) is 3.31. The number of cyclic esters (lactones) is 1. The number of rotatable bonds is 3. The van der Waals surface area contributed by atoms with Crippen LogP contribution >= 0.6 is 11.8 Å². The van der Waals surface area contributed by atoms with Crippen molar-refractivity contribution in [2.75, 3.05) is 33.0 Å². The second-order valence-electron chi connectivity index (χ2n) is 8.64. The van der Waals surface area contributed by atoms with E-state index in [0.717, 1.165) is 0 Å². The third kappa shape index (κ3) is 6.24. The lowest BCUT2D eigenvalue weighted by Gasteiger charge is -2.28. The van der Waals surface area contributed by atoms with Crippen molar-refractivity contribution in [3.8, 4) is 5.75 Å². The molecule has 1 aromatic rings. The van der Waals surface area contributed by atoms with Gasteiger partial charge in [0, 0.05) is 44.6 Å². The molecule has 0 spiro atoms. The van der Waals surface area contributed by atoms with Crippen LogP contribution in [-0.2, 0) is 29.7 Å². The van der Waals surface area contributed by atoms with Crippen molar-refractivity contribution in [2.24, 2.45) is 0 Å². The fraction of sp³-hybridized carbons (Fsp3) is 0.522. The summed E-state index contributed by atoms with van der Waals surface area (Å²) < 4.78 is 5.35. The topological polar surface area (TPSA) is 145 Å². The van der Waals surface area contributed by atoms with Crippen LogP contribution in [-0.4, -0.2) is 95.6 Å². The third-order valence-corrected chi connectivity index (χ3v) is 6.99. The number of fused-ring (bicyclic) bond motifs is 1. The minimum absolute atomic E-state index is 0.0843. The number of hydrogen-bond donors (Lipinski definition) is 3. The Morgan fingerprint density at radius 1 is 1.26 bits per heavy atom. The molecule has 1 aromatic carbocycles. The third-order valence-electron chi connectivity index (χ3n) is 5.93. The van der Waals surface area contributed by atoms with E-state index in [0.29, 0.717) is 24.9 Å². The van der Waals surface area contributed by atoms with Crippen LogP contribution in [0.5, 0.6) is 5.75 Å². The maximum Gasteiger partial charge on any atom is 0.338 e. The minimum Gasteiger partial charge on any atom is -0.508 e. The zero-order chi connectivity index (χ0) is 25.7. The first-order valence-corrected chi connectivity index (χ1v) is 12.4. The van der Waals surface area contributed by atoms with Gasteiger partial charge in [0.2, 0.25) is 23.6 Å². The Morgan fingerprint density at radius 3 is 2.69 bits per heavy atom. The average molecular weight is 507 g/mol. The van der Waals surface area contributed by atoms with Gasteiger partial charge in [-0.3, -0.25) is 19.2 Å². The summed E-state index contributed by atoms with van der Waals surface area (Å²) in [5.41, 5.74) is 0.492. The molecule has 0 saturated carbocycles. The fourth-order valence-electron chi connectivity index (χ4n) is 4.06. The Kier molecular flexibility index (Phi) is 8.60. The number of hydrogen-bond acceptors (Lipinski definition) is 8. The molecular weight excluding hydrogens is 476 g/mol. The van der Waals surface area contributed by atoms with Crippen molar-refractivity contribution in [3.05, 3.63) is 29.3 Å². The standard InChI is InChI=1S/C23H30N4O7S/c1-13(28)27-9-5-7-18(27)21(31)24-16-10-34-23(33)14-6-4-8-19(29)15(14)11-35-12-17(25-20(16)30)22(32)26(2)3/h4,6,8,16-18,29H,5,7,9-12H2,1-3H3,(H,24,31)(H,25,30)/t16-,17-,18+/m1/s1. The van der Waals surface area contributed by atoms with Gasteiger partial charge in [-0.25, -0.2) is 4.79 Å². The summed E-state index contributed by atoms with van der Waals surface area (Å²) in [6, 6.07) is 1.53. The highest BCUT2D eigenvalue weighted by Crippen LogP contribution is 2.27. The van der Waals surface area contributed by atoms with Crippen molar-refractivity contribution in [3.63, 3.8) is 0 Å². The molecule has 2 aliphatic rings. The van der Waals surface area contributed by atoms with E-state index >= 15 is 0 Å². The van der Waals surface area contributed by atoms with E-state index in [4.69, 9.17) is 4.74 Å². The molecule has 0 aliphatic carbocycles. The van der Waals surface area contributed by atoms with Gasteiger partial charge in [-0.1, -0.05) is 6.07 Å². The molecule has 0 aromatic heterocycles. The number of amides is 4. The van der Waals surface area contributed by atoms with Crippen molar-refractivity contribution in [1.82, 2.24) is 20.4 Å². The molecule has 0 radical (unpaired) electrons. The Hall–Kier alpha value is -3.28. The van der Waals surface area contributed by atoms with Gasteiger partial charge in [0.05, 0.1) is 5.56 Å². The second kappa shape index (κ2) is 11.4. The van der Waals surface area contributed by atoms with Crippen LogP contribution in [0, 0.1) is 0 Å². The van der Waals surface area contributed by atoms with E-state index in [1.807, 2.05) is 0 Å². The number of phenolic OH excluding ortho intramolecular Hbond substituents is 1. The number of ether oxygens (including phenoxy) is 1. The molecule has 0 bridgehead atoms. The number of carbonyl (C=O) groups is 5. The number of benzene rings is 1. The molecular formula is C23H30N4O7S. The molecule has 1 saturated heterocycles. The van der Waals surface area contributed by atoms with E-state index in [9.17, 15) is 29.1 Å². The fourth-order valence-corrected chi connectivity index (χ4v) is 5.15. The summed E-state index contributed by atoms with van der Waals surface area (Å²) in [7, 11) is 3.13. The second-order valence-corrected chi connectivity index (χ2v) is 9.67. The number of esters is 1. The molecule has 3 atom stereocenters. The number of nitrogens with one attached hydrogen (secondary N) is 2. The molecule has 0 unspecified atom stereocenters. The first kappa shape index (κ1) is 26.3. The highest BCUT2D eigenvalue weighted by molar-refractivity contribution is 7.98. The van der Waals surface area contributed by atoms with Crippen LogP contribution in [0.4, 0.5) is 0 Å². The van der Waals surface area contributed by atoms with Crippen LogP contribution in [0.2, 0.25) is 0 Å². The molecule has 12 heteroatoms. The number of likely N-dealkylation sites (N-methyl/N-ethyl adjacent to an activating group) is 1. The lowest BCUT2D eigenvalue weighted by molar-refractivity contribution is -0.139. The Bertz CT molecular complexity index is 1020. The highest BCUT2D eigenvalue weighted by Gasteiger charge is 2.36.